The summed E-state index contributed by atoms with van der Waals surface area (Å²) >= 11 is 0. The molecule has 2 heterocycles. The Morgan fingerprint density at radius 3 is 2.95 bits per heavy atom. The largest absolute Gasteiger partial charge is 0.391 e. The molecule has 0 saturated carbocycles. The van der Waals surface area contributed by atoms with E-state index in [0.29, 0.717) is 23.8 Å². The van der Waals surface area contributed by atoms with Crippen molar-refractivity contribution in [2.75, 3.05) is 18.0 Å². The predicted octanol–water partition coefficient (Wildman–Crippen LogP) is 2.31. The summed E-state index contributed by atoms with van der Waals surface area (Å²) < 4.78 is 0. The van der Waals surface area contributed by atoms with E-state index in [1.165, 1.54) is 0 Å². The number of fused-ring (bicyclic) bond motifs is 1. The Hall–Kier alpha value is -2.12. The fraction of sp³-hybridized carbons (Fsp3) is 0.375. The molecule has 0 bridgehead atoms. The molecule has 1 aliphatic heterocycles. The van der Waals surface area contributed by atoms with Crippen LogP contribution in [0.25, 0.3) is 10.9 Å². The van der Waals surface area contributed by atoms with Crippen LogP contribution < -0.4 is 4.90 Å². The van der Waals surface area contributed by atoms with E-state index in [1.54, 1.807) is 0 Å². The lowest BCUT2D eigenvalue weighted by Crippen LogP contribution is -2.43. The number of pyridine rings is 1. The molecule has 0 radical (unpaired) electrons. The molecule has 1 aromatic heterocycles. The summed E-state index contributed by atoms with van der Waals surface area (Å²) in [7, 11) is 0. The molecule has 102 valence electrons. The minimum absolute atomic E-state index is 0.303. The topological polar surface area (TPSA) is 60.2 Å². The van der Waals surface area contributed by atoms with Crippen molar-refractivity contribution in [3.63, 3.8) is 0 Å². The van der Waals surface area contributed by atoms with Crippen LogP contribution in [-0.2, 0) is 0 Å². The van der Waals surface area contributed by atoms with E-state index in [4.69, 9.17) is 0 Å². The summed E-state index contributed by atoms with van der Waals surface area (Å²) in [5, 5.41) is 20.4. The Morgan fingerprint density at radius 1 is 1.40 bits per heavy atom. The Kier molecular flexibility index (Phi) is 3.29. The van der Waals surface area contributed by atoms with E-state index in [9.17, 15) is 10.4 Å². The normalized spacial score (nSPS) is 22.8. The van der Waals surface area contributed by atoms with Crippen LogP contribution in [0, 0.1) is 17.2 Å². The minimum Gasteiger partial charge on any atom is -0.391 e. The van der Waals surface area contributed by atoms with E-state index in [1.807, 2.05) is 35.2 Å². The number of para-hydroxylation sites is 1. The third-order valence-electron chi connectivity index (χ3n) is 4.04. The summed E-state index contributed by atoms with van der Waals surface area (Å²) in [5.74, 6) is 0.995. The van der Waals surface area contributed by atoms with Gasteiger partial charge in [-0.1, -0.05) is 25.1 Å². The highest BCUT2D eigenvalue weighted by atomic mass is 16.3. The Morgan fingerprint density at radius 2 is 2.20 bits per heavy atom. The van der Waals surface area contributed by atoms with E-state index in [0.717, 1.165) is 23.9 Å². The van der Waals surface area contributed by atoms with Gasteiger partial charge in [-0.15, -0.1) is 0 Å². The molecule has 1 saturated heterocycles. The van der Waals surface area contributed by atoms with E-state index in [-0.39, 0.29) is 6.10 Å². The molecule has 0 aliphatic carbocycles. The Labute approximate surface area is 118 Å². The number of benzene rings is 1. The molecule has 1 aliphatic rings. The van der Waals surface area contributed by atoms with Crippen LogP contribution in [0.3, 0.4) is 0 Å². The molecule has 0 amide bonds. The maximum absolute atomic E-state index is 10.0. The molecule has 2 unspecified atom stereocenters. The highest BCUT2D eigenvalue weighted by molar-refractivity contribution is 5.83. The number of aliphatic hydroxyl groups excluding tert-OH is 1. The summed E-state index contributed by atoms with van der Waals surface area (Å²) in [6, 6.07) is 11.9. The van der Waals surface area contributed by atoms with Gasteiger partial charge in [-0.2, -0.15) is 5.26 Å². The molecule has 1 N–H and O–H groups in total. The number of β-amino-alcohol motifs (C(OH)–C–C–N with tert-alkyl or cyclic N) is 1. The van der Waals surface area contributed by atoms with Crippen LogP contribution in [-0.4, -0.2) is 29.3 Å². The van der Waals surface area contributed by atoms with Gasteiger partial charge < -0.3 is 10.0 Å². The van der Waals surface area contributed by atoms with Crippen molar-refractivity contribution in [2.45, 2.75) is 19.4 Å². The van der Waals surface area contributed by atoms with Gasteiger partial charge in [0.1, 0.15) is 11.9 Å². The number of anilines is 1. The number of nitriles is 1. The maximum atomic E-state index is 10.0. The number of rotatable bonds is 1. The van der Waals surface area contributed by atoms with Gasteiger partial charge in [0.15, 0.2) is 0 Å². The van der Waals surface area contributed by atoms with Gasteiger partial charge in [-0.25, -0.2) is 4.98 Å². The molecule has 0 spiro atoms. The quantitative estimate of drug-likeness (QED) is 0.861. The van der Waals surface area contributed by atoms with Gasteiger partial charge in [0, 0.05) is 18.5 Å². The van der Waals surface area contributed by atoms with Crippen molar-refractivity contribution in [3.05, 3.63) is 35.9 Å². The number of aromatic nitrogens is 1. The van der Waals surface area contributed by atoms with Crippen LogP contribution in [0.1, 0.15) is 18.9 Å². The van der Waals surface area contributed by atoms with Gasteiger partial charge in [0.2, 0.25) is 0 Å². The molecule has 2 aromatic rings. The number of aliphatic hydroxyl groups is 1. The lowest BCUT2D eigenvalue weighted by atomic mass is 9.96. The standard InChI is InChI=1S/C16H17N3O/c1-11-6-7-19(10-15(11)20)16-13(9-17)8-12-4-2-3-5-14(12)18-16/h2-5,8,11,15,20H,6-7,10H2,1H3. The van der Waals surface area contributed by atoms with E-state index >= 15 is 0 Å². The summed E-state index contributed by atoms with van der Waals surface area (Å²) in [5.41, 5.74) is 1.46. The fourth-order valence-electron chi connectivity index (χ4n) is 2.67. The molecule has 4 heteroatoms. The van der Waals surface area contributed by atoms with Gasteiger partial charge in [0.05, 0.1) is 17.2 Å². The van der Waals surface area contributed by atoms with Crippen molar-refractivity contribution in [3.8, 4) is 6.07 Å². The van der Waals surface area contributed by atoms with Crippen LogP contribution in [0.5, 0.6) is 0 Å². The second-order valence-corrected chi connectivity index (χ2v) is 5.44. The Bertz CT molecular complexity index is 677. The first-order valence-corrected chi connectivity index (χ1v) is 6.92. The highest BCUT2D eigenvalue weighted by Gasteiger charge is 2.26. The molecule has 4 nitrogen and oxygen atoms in total. The highest BCUT2D eigenvalue weighted by Crippen LogP contribution is 2.27. The maximum Gasteiger partial charge on any atom is 0.147 e. The number of hydrogen-bond acceptors (Lipinski definition) is 4. The van der Waals surface area contributed by atoms with Crippen molar-refractivity contribution in [1.29, 1.82) is 5.26 Å². The van der Waals surface area contributed by atoms with Crippen LogP contribution in [0.15, 0.2) is 30.3 Å². The second-order valence-electron chi connectivity index (χ2n) is 5.44. The molecule has 1 aromatic carbocycles. The molecular formula is C16H17N3O. The van der Waals surface area contributed by atoms with Crippen molar-refractivity contribution < 1.29 is 5.11 Å². The van der Waals surface area contributed by atoms with Crippen molar-refractivity contribution in [2.24, 2.45) is 5.92 Å². The fourth-order valence-corrected chi connectivity index (χ4v) is 2.67. The van der Waals surface area contributed by atoms with Gasteiger partial charge in [0.25, 0.3) is 0 Å². The van der Waals surface area contributed by atoms with Crippen LogP contribution >= 0.6 is 0 Å². The lowest BCUT2D eigenvalue weighted by molar-refractivity contribution is 0.102. The molecule has 20 heavy (non-hydrogen) atoms. The zero-order valence-electron chi connectivity index (χ0n) is 11.5. The second kappa shape index (κ2) is 5.10. The van der Waals surface area contributed by atoms with Gasteiger partial charge in [-0.05, 0) is 24.5 Å². The zero-order chi connectivity index (χ0) is 14.1. The average molecular weight is 267 g/mol. The SMILES string of the molecule is CC1CCN(c2nc3ccccc3cc2C#N)CC1O. The monoisotopic (exact) mass is 267 g/mol. The van der Waals surface area contributed by atoms with Crippen molar-refractivity contribution >= 4 is 16.7 Å². The summed E-state index contributed by atoms with van der Waals surface area (Å²) in [6.45, 7) is 3.43. The van der Waals surface area contributed by atoms with Crippen LogP contribution in [0.4, 0.5) is 5.82 Å². The number of hydrogen-bond donors (Lipinski definition) is 1. The van der Waals surface area contributed by atoms with E-state index < -0.39 is 0 Å². The minimum atomic E-state index is -0.358. The van der Waals surface area contributed by atoms with Crippen molar-refractivity contribution in [1.82, 2.24) is 4.98 Å². The molecule has 2 atom stereocenters. The zero-order valence-corrected chi connectivity index (χ0v) is 11.5. The van der Waals surface area contributed by atoms with Gasteiger partial charge >= 0.3 is 0 Å². The summed E-state index contributed by atoms with van der Waals surface area (Å²) in [6.07, 6.45) is 0.559. The number of nitrogens with zero attached hydrogens (tertiary/aromatic N) is 3. The molecule has 3 rings (SSSR count). The van der Waals surface area contributed by atoms with Gasteiger partial charge in [-0.3, -0.25) is 0 Å². The third kappa shape index (κ3) is 2.21. The molecular weight excluding hydrogens is 250 g/mol. The average Bonchev–Trinajstić information content (AvgIpc) is 2.48. The third-order valence-corrected chi connectivity index (χ3v) is 4.04. The van der Waals surface area contributed by atoms with Crippen LogP contribution in [0.2, 0.25) is 0 Å². The first kappa shape index (κ1) is 12.9. The first-order chi connectivity index (χ1) is 9.69. The first-order valence-electron chi connectivity index (χ1n) is 6.92. The lowest BCUT2D eigenvalue weighted by Gasteiger charge is -2.35. The molecule has 1 fully saturated rings. The van der Waals surface area contributed by atoms with E-state index in [2.05, 4.69) is 18.0 Å². The predicted molar refractivity (Wildman–Crippen MR) is 78.5 cm³/mol. The number of piperidine rings is 1. The summed E-state index contributed by atoms with van der Waals surface area (Å²) in [4.78, 5) is 6.64. The Balaban J connectivity index is 2.04. The smallest absolute Gasteiger partial charge is 0.147 e.